The van der Waals surface area contributed by atoms with Gasteiger partial charge in [0.15, 0.2) is 11.5 Å². The molecule has 0 saturated carbocycles. The molecule has 3 rings (SSSR count). The van der Waals surface area contributed by atoms with Crippen LogP contribution in [0, 0.1) is 10.1 Å². The van der Waals surface area contributed by atoms with Crippen LogP contribution in [0.5, 0.6) is 11.5 Å². The Morgan fingerprint density at radius 3 is 2.58 bits per heavy atom. The van der Waals surface area contributed by atoms with Crippen molar-refractivity contribution in [3.8, 4) is 11.5 Å². The van der Waals surface area contributed by atoms with Crippen LogP contribution in [0.1, 0.15) is 23.6 Å². The number of rotatable bonds is 10. The first-order valence-electron chi connectivity index (χ1n) is 10.1. The minimum Gasteiger partial charge on any atom is -0.490 e. The van der Waals surface area contributed by atoms with Crippen LogP contribution in [0.15, 0.2) is 71.8 Å². The number of hydrogen-bond acceptors (Lipinski definition) is 6. The number of benzene rings is 3. The molecule has 170 valence electrons. The van der Waals surface area contributed by atoms with Gasteiger partial charge in [0, 0.05) is 11.6 Å². The summed E-state index contributed by atoms with van der Waals surface area (Å²) < 4.78 is 11.5. The van der Waals surface area contributed by atoms with Crippen molar-refractivity contribution in [1.29, 1.82) is 0 Å². The lowest BCUT2D eigenvalue weighted by Gasteiger charge is -2.14. The van der Waals surface area contributed by atoms with Gasteiger partial charge in [0.2, 0.25) is 5.91 Å². The number of hydrazone groups is 1. The van der Waals surface area contributed by atoms with E-state index in [9.17, 15) is 14.9 Å². The van der Waals surface area contributed by atoms with Gasteiger partial charge in [0.25, 0.3) is 5.69 Å². The fourth-order valence-electron chi connectivity index (χ4n) is 3.02. The molecule has 8 nitrogen and oxygen atoms in total. The quantitative estimate of drug-likeness (QED) is 0.259. The average Bonchev–Trinajstić information content (AvgIpc) is 2.79. The van der Waals surface area contributed by atoms with Gasteiger partial charge in [0.1, 0.15) is 6.61 Å². The van der Waals surface area contributed by atoms with E-state index >= 15 is 0 Å². The predicted octanol–water partition coefficient (Wildman–Crippen LogP) is 4.92. The Labute approximate surface area is 195 Å². The molecule has 0 aliphatic heterocycles. The SMILES string of the molecule is CCOc1cc(C=NNC(=O)Cc2ccccc2[N+](=O)[O-])cc(Cl)c1OCc1ccccc1. The third-order valence-electron chi connectivity index (χ3n) is 4.50. The zero-order chi connectivity index (χ0) is 23.6. The van der Waals surface area contributed by atoms with Gasteiger partial charge in [-0.25, -0.2) is 5.43 Å². The molecule has 0 spiro atoms. The highest BCUT2D eigenvalue weighted by molar-refractivity contribution is 6.32. The summed E-state index contributed by atoms with van der Waals surface area (Å²) in [6.45, 7) is 2.58. The third-order valence-corrected chi connectivity index (χ3v) is 4.78. The number of hydrogen-bond donors (Lipinski definition) is 1. The normalized spacial score (nSPS) is 10.7. The fraction of sp³-hybridized carbons (Fsp3) is 0.167. The third kappa shape index (κ3) is 6.78. The van der Waals surface area contributed by atoms with Gasteiger partial charge in [-0.15, -0.1) is 0 Å². The summed E-state index contributed by atoms with van der Waals surface area (Å²) in [5, 5.41) is 15.3. The maximum atomic E-state index is 12.2. The molecule has 0 aliphatic carbocycles. The van der Waals surface area contributed by atoms with Crippen molar-refractivity contribution in [2.45, 2.75) is 20.0 Å². The van der Waals surface area contributed by atoms with Crippen LogP contribution < -0.4 is 14.9 Å². The van der Waals surface area contributed by atoms with Crippen LogP contribution in [0.25, 0.3) is 0 Å². The van der Waals surface area contributed by atoms with E-state index in [4.69, 9.17) is 21.1 Å². The zero-order valence-electron chi connectivity index (χ0n) is 17.9. The number of para-hydroxylation sites is 1. The molecule has 0 saturated heterocycles. The maximum Gasteiger partial charge on any atom is 0.273 e. The Hall–Kier alpha value is -3.91. The lowest BCUT2D eigenvalue weighted by atomic mass is 10.1. The highest BCUT2D eigenvalue weighted by atomic mass is 35.5. The predicted molar refractivity (Wildman–Crippen MR) is 126 cm³/mol. The lowest BCUT2D eigenvalue weighted by Crippen LogP contribution is -2.20. The molecule has 3 aromatic carbocycles. The van der Waals surface area contributed by atoms with Crippen molar-refractivity contribution in [1.82, 2.24) is 5.43 Å². The van der Waals surface area contributed by atoms with E-state index in [0.29, 0.717) is 40.9 Å². The van der Waals surface area contributed by atoms with Crippen LogP contribution in [0.3, 0.4) is 0 Å². The molecular formula is C24H22ClN3O5. The summed E-state index contributed by atoms with van der Waals surface area (Å²) in [7, 11) is 0. The van der Waals surface area contributed by atoms with Crippen molar-refractivity contribution in [2.75, 3.05) is 6.61 Å². The van der Waals surface area contributed by atoms with E-state index in [1.807, 2.05) is 37.3 Å². The molecule has 0 aromatic heterocycles. The van der Waals surface area contributed by atoms with Crippen molar-refractivity contribution in [3.63, 3.8) is 0 Å². The number of ether oxygens (including phenoxy) is 2. The van der Waals surface area contributed by atoms with Crippen molar-refractivity contribution in [2.24, 2.45) is 5.10 Å². The number of carbonyl (C=O) groups is 1. The van der Waals surface area contributed by atoms with Crippen LogP contribution in [0.2, 0.25) is 5.02 Å². The minimum atomic E-state index is -0.523. The van der Waals surface area contributed by atoms with Gasteiger partial charge in [-0.1, -0.05) is 60.1 Å². The van der Waals surface area contributed by atoms with Gasteiger partial charge >= 0.3 is 0 Å². The molecule has 0 fully saturated rings. The van der Waals surface area contributed by atoms with Crippen LogP contribution in [-0.4, -0.2) is 23.7 Å². The number of nitro groups is 1. The van der Waals surface area contributed by atoms with Crippen molar-refractivity contribution < 1.29 is 19.2 Å². The van der Waals surface area contributed by atoms with Crippen LogP contribution in [0.4, 0.5) is 5.69 Å². The van der Waals surface area contributed by atoms with E-state index in [0.717, 1.165) is 5.56 Å². The molecule has 0 heterocycles. The minimum absolute atomic E-state index is 0.115. The molecule has 0 atom stereocenters. The summed E-state index contributed by atoms with van der Waals surface area (Å²) in [4.78, 5) is 22.7. The van der Waals surface area contributed by atoms with E-state index in [2.05, 4.69) is 10.5 Å². The Morgan fingerprint density at radius 2 is 1.85 bits per heavy atom. The summed E-state index contributed by atoms with van der Waals surface area (Å²) >= 11 is 6.41. The van der Waals surface area contributed by atoms with Crippen LogP contribution >= 0.6 is 11.6 Å². The fourth-order valence-corrected chi connectivity index (χ4v) is 3.30. The molecule has 1 amide bonds. The largest absolute Gasteiger partial charge is 0.490 e. The highest BCUT2D eigenvalue weighted by Gasteiger charge is 2.15. The molecular weight excluding hydrogens is 446 g/mol. The molecule has 0 unspecified atom stereocenters. The second-order valence-corrected chi connectivity index (χ2v) is 7.30. The standard InChI is InChI=1S/C24H22ClN3O5/c1-2-32-22-13-18(12-20(25)24(22)33-16-17-8-4-3-5-9-17)15-26-27-23(29)14-19-10-6-7-11-21(19)28(30)31/h3-13,15H,2,14,16H2,1H3,(H,27,29). The second-order valence-electron chi connectivity index (χ2n) is 6.89. The number of nitrogens with one attached hydrogen (secondary N) is 1. The number of halogens is 1. The van der Waals surface area contributed by atoms with E-state index in [1.54, 1.807) is 24.3 Å². The van der Waals surface area contributed by atoms with Gasteiger partial charge in [-0.3, -0.25) is 14.9 Å². The first-order chi connectivity index (χ1) is 16.0. The summed E-state index contributed by atoms with van der Waals surface area (Å²) in [6.07, 6.45) is 1.23. The summed E-state index contributed by atoms with van der Waals surface area (Å²) in [6, 6.07) is 19.1. The summed E-state index contributed by atoms with van der Waals surface area (Å²) in [5.74, 6) is 0.382. The Kier molecular flexibility index (Phi) is 8.37. The molecule has 0 aliphatic rings. The molecule has 33 heavy (non-hydrogen) atoms. The van der Waals surface area contributed by atoms with E-state index < -0.39 is 10.8 Å². The number of nitro benzene ring substituents is 1. The van der Waals surface area contributed by atoms with E-state index in [-0.39, 0.29) is 12.1 Å². The first-order valence-corrected chi connectivity index (χ1v) is 10.5. The van der Waals surface area contributed by atoms with Crippen molar-refractivity contribution >= 4 is 29.4 Å². The second kappa shape index (κ2) is 11.6. The Bertz CT molecular complexity index is 1150. The monoisotopic (exact) mass is 467 g/mol. The number of nitrogens with zero attached hydrogens (tertiary/aromatic N) is 2. The van der Waals surface area contributed by atoms with E-state index in [1.165, 1.54) is 18.3 Å². The van der Waals surface area contributed by atoms with Gasteiger partial charge in [-0.05, 0) is 30.2 Å². The van der Waals surface area contributed by atoms with Gasteiger partial charge in [-0.2, -0.15) is 5.10 Å². The number of amides is 1. The molecule has 0 bridgehead atoms. The molecule has 1 N–H and O–H groups in total. The lowest BCUT2D eigenvalue weighted by molar-refractivity contribution is -0.385. The van der Waals surface area contributed by atoms with Crippen LogP contribution in [-0.2, 0) is 17.8 Å². The van der Waals surface area contributed by atoms with Gasteiger partial charge < -0.3 is 9.47 Å². The zero-order valence-corrected chi connectivity index (χ0v) is 18.6. The molecule has 0 radical (unpaired) electrons. The topological polar surface area (TPSA) is 103 Å². The Morgan fingerprint density at radius 1 is 1.12 bits per heavy atom. The smallest absolute Gasteiger partial charge is 0.273 e. The van der Waals surface area contributed by atoms with Gasteiger partial charge in [0.05, 0.1) is 29.2 Å². The highest BCUT2D eigenvalue weighted by Crippen LogP contribution is 2.37. The average molecular weight is 468 g/mol. The molecule has 9 heteroatoms. The maximum absolute atomic E-state index is 12.2. The number of carbonyl (C=O) groups excluding carboxylic acids is 1. The first kappa shape index (κ1) is 23.7. The summed E-state index contributed by atoms with van der Waals surface area (Å²) in [5.41, 5.74) is 4.13. The Balaban J connectivity index is 1.67. The molecule has 3 aromatic rings. The van der Waals surface area contributed by atoms with Crippen molar-refractivity contribution in [3.05, 3.63) is 98.6 Å².